The fourth-order valence-corrected chi connectivity index (χ4v) is 5.34. The number of likely N-dealkylation sites (N-methyl/N-ethyl adjacent to an activating group) is 1. The lowest BCUT2D eigenvalue weighted by Gasteiger charge is -2.50. The summed E-state index contributed by atoms with van der Waals surface area (Å²) in [5, 5.41) is 18.0. The number of oxime groups is 1. The Labute approximate surface area is 193 Å². The maximum absolute atomic E-state index is 12.9. The second-order valence-electron chi connectivity index (χ2n) is 8.16. The number of anilines is 1. The number of hydrogen-bond acceptors (Lipinski definition) is 9. The molecule has 0 aliphatic carbocycles. The Hall–Kier alpha value is -2.90. The number of nitrogens with one attached hydrogen (secondary N) is 1. The Kier molecular flexibility index (Phi) is 6.91. The lowest BCUT2D eigenvalue weighted by Crippen LogP contribution is -2.73. The molecule has 2 aliphatic heterocycles. The maximum atomic E-state index is 12.9. The van der Waals surface area contributed by atoms with E-state index in [9.17, 15) is 19.5 Å². The van der Waals surface area contributed by atoms with Gasteiger partial charge in [0.1, 0.15) is 30.6 Å². The van der Waals surface area contributed by atoms with Crippen molar-refractivity contribution in [2.45, 2.75) is 12.1 Å². The van der Waals surface area contributed by atoms with E-state index in [1.165, 1.54) is 22.7 Å². The van der Waals surface area contributed by atoms with Crippen LogP contribution in [-0.4, -0.2) is 95.1 Å². The molecule has 0 radical (unpaired) electrons. The minimum atomic E-state index is -1.16. The zero-order valence-electron chi connectivity index (χ0n) is 17.9. The number of amides is 2. The summed E-state index contributed by atoms with van der Waals surface area (Å²) in [6.45, 7) is 4.07. The predicted molar refractivity (Wildman–Crippen MR) is 122 cm³/mol. The third kappa shape index (κ3) is 4.95. The third-order valence-electron chi connectivity index (χ3n) is 4.59. The van der Waals surface area contributed by atoms with Crippen molar-refractivity contribution >= 4 is 51.7 Å². The van der Waals surface area contributed by atoms with E-state index in [-0.39, 0.29) is 28.8 Å². The summed E-state index contributed by atoms with van der Waals surface area (Å²) < 4.78 is 0.521. The summed E-state index contributed by atoms with van der Waals surface area (Å²) in [6, 6.07) is -1.36. The zero-order chi connectivity index (χ0) is 23.6. The van der Waals surface area contributed by atoms with Gasteiger partial charge in [-0.15, -0.1) is 23.1 Å². The summed E-state index contributed by atoms with van der Waals surface area (Å²) in [6.07, 6.45) is 1.47. The van der Waals surface area contributed by atoms with Crippen LogP contribution in [0.25, 0.3) is 0 Å². The van der Waals surface area contributed by atoms with Crippen LogP contribution in [0.1, 0.15) is 5.69 Å². The Balaban J connectivity index is 1.80. The van der Waals surface area contributed by atoms with Crippen LogP contribution < -0.4 is 11.1 Å². The normalized spacial score (nSPS) is 21.0. The molecule has 4 N–H and O–H groups in total. The molecule has 0 spiro atoms. The highest BCUT2D eigenvalue weighted by atomic mass is 32.2. The van der Waals surface area contributed by atoms with Gasteiger partial charge in [-0.1, -0.05) is 17.8 Å². The van der Waals surface area contributed by atoms with Crippen LogP contribution in [0.15, 0.2) is 33.8 Å². The van der Waals surface area contributed by atoms with Gasteiger partial charge in [0, 0.05) is 11.1 Å². The summed E-state index contributed by atoms with van der Waals surface area (Å²) in [5.74, 6) is -1.85. The Morgan fingerprint density at radius 2 is 2.22 bits per heavy atom. The number of carboxylic acid groups (broad SMARTS) is 1. The van der Waals surface area contributed by atoms with Crippen molar-refractivity contribution in [2.24, 2.45) is 5.16 Å². The van der Waals surface area contributed by atoms with Gasteiger partial charge >= 0.3 is 5.97 Å². The van der Waals surface area contributed by atoms with Crippen molar-refractivity contribution in [3.8, 4) is 0 Å². The molecule has 1 aromatic heterocycles. The molecule has 1 aromatic rings. The van der Waals surface area contributed by atoms with Gasteiger partial charge in [-0.2, -0.15) is 0 Å². The molecule has 2 unspecified atom stereocenters. The number of hydrogen-bond donors (Lipinski definition) is 3. The van der Waals surface area contributed by atoms with Crippen molar-refractivity contribution in [3.05, 3.63) is 34.3 Å². The molecule has 0 bridgehead atoms. The van der Waals surface area contributed by atoms with E-state index in [4.69, 9.17) is 10.6 Å². The van der Waals surface area contributed by atoms with Gasteiger partial charge in [0.15, 0.2) is 10.8 Å². The molecule has 13 heteroatoms. The second-order valence-corrected chi connectivity index (χ2v) is 10.2. The van der Waals surface area contributed by atoms with Crippen LogP contribution in [0, 0.1) is 0 Å². The number of carboxylic acids is 1. The van der Waals surface area contributed by atoms with Crippen LogP contribution in [0.5, 0.6) is 0 Å². The molecular weight excluding hydrogens is 456 g/mol. The average Bonchev–Trinajstić information content (AvgIpc) is 3.13. The average molecular weight is 482 g/mol. The van der Waals surface area contributed by atoms with Gasteiger partial charge in [-0.05, 0) is 0 Å². The van der Waals surface area contributed by atoms with Crippen molar-refractivity contribution in [2.75, 3.05) is 45.8 Å². The Bertz CT molecular complexity index is 1010. The number of β-lactam (4-membered cyclic amide) rings is 1. The Morgan fingerprint density at radius 3 is 2.78 bits per heavy atom. The fraction of sp³-hybridized carbons (Fsp3) is 0.421. The second kappa shape index (κ2) is 9.30. The topological polar surface area (TPSA) is 147 Å². The molecule has 11 nitrogen and oxygen atoms in total. The lowest BCUT2D eigenvalue weighted by atomic mass is 9.94. The lowest BCUT2D eigenvalue weighted by molar-refractivity contribution is -0.864. The number of thiazole rings is 1. The number of nitrogen functional groups attached to an aromatic ring is 1. The number of thioether (sulfide) groups is 1. The quantitative estimate of drug-likeness (QED) is 0.112. The van der Waals surface area contributed by atoms with Crippen molar-refractivity contribution < 1.29 is 28.8 Å². The molecule has 3 heterocycles. The first-order valence-electron chi connectivity index (χ1n) is 9.59. The first-order valence-corrected chi connectivity index (χ1v) is 11.5. The molecule has 2 atom stereocenters. The molecule has 1 fully saturated rings. The van der Waals surface area contributed by atoms with Crippen LogP contribution in [0.3, 0.4) is 0 Å². The SMILES string of the molecule is C=CCON=C(C(=O)NC1C(=O)N2C(C(=O)O)=C(C[N+](C)(C)C)SCC12)c1csc(N)n1. The molecule has 0 aromatic carbocycles. The summed E-state index contributed by atoms with van der Waals surface area (Å²) in [4.78, 5) is 48.7. The standard InChI is InChI=1S/C19H24N6O5S2/c1-5-6-30-23-13(10-8-32-19(20)21-10)16(26)22-14-11-9-31-12(7-25(2,3)4)15(18(28)29)24(11)17(14)27/h5,8,11,14H,1,6-7,9H2,2-4H3,(H3-,20,21,22,26,28,29)/p+1. The number of aromatic nitrogens is 1. The third-order valence-corrected chi connectivity index (χ3v) is 6.44. The van der Waals surface area contributed by atoms with Crippen molar-refractivity contribution in [1.29, 1.82) is 0 Å². The van der Waals surface area contributed by atoms with Crippen LogP contribution in [0.4, 0.5) is 5.13 Å². The van der Waals surface area contributed by atoms with Crippen molar-refractivity contribution in [1.82, 2.24) is 15.2 Å². The molecule has 1 saturated heterocycles. The van der Waals surface area contributed by atoms with E-state index in [1.54, 1.807) is 5.38 Å². The van der Waals surface area contributed by atoms with Gasteiger partial charge in [-0.25, -0.2) is 9.78 Å². The minimum Gasteiger partial charge on any atom is -0.477 e. The number of carbonyl (C=O) groups is 3. The van der Waals surface area contributed by atoms with E-state index in [0.717, 1.165) is 11.3 Å². The summed E-state index contributed by atoms with van der Waals surface area (Å²) >= 11 is 2.53. The molecule has 0 saturated carbocycles. The molecule has 2 aliphatic rings. The molecule has 32 heavy (non-hydrogen) atoms. The molecular formula is C19H25N6O5S2+. The van der Waals surface area contributed by atoms with Crippen LogP contribution >= 0.6 is 23.1 Å². The van der Waals surface area contributed by atoms with Gasteiger partial charge in [-0.3, -0.25) is 14.5 Å². The van der Waals surface area contributed by atoms with Gasteiger partial charge < -0.3 is 25.5 Å². The molecule has 3 rings (SSSR count). The van der Waals surface area contributed by atoms with E-state index < -0.39 is 29.9 Å². The number of fused-ring (bicyclic) bond motifs is 1. The molecule has 172 valence electrons. The zero-order valence-corrected chi connectivity index (χ0v) is 19.5. The van der Waals surface area contributed by atoms with Crippen LogP contribution in [0.2, 0.25) is 0 Å². The van der Waals surface area contributed by atoms with Crippen LogP contribution in [-0.2, 0) is 19.2 Å². The number of nitrogens with zero attached hydrogens (tertiary/aromatic N) is 4. The van der Waals surface area contributed by atoms with Gasteiger partial charge in [0.05, 0.1) is 32.1 Å². The maximum Gasteiger partial charge on any atom is 0.353 e. The van der Waals surface area contributed by atoms with E-state index >= 15 is 0 Å². The predicted octanol–water partition coefficient (Wildman–Crippen LogP) is 0.0768. The number of aliphatic carboxylic acids is 1. The first-order chi connectivity index (χ1) is 15.0. The van der Waals surface area contributed by atoms with E-state index in [1.807, 2.05) is 21.1 Å². The van der Waals surface area contributed by atoms with Gasteiger partial charge in [0.2, 0.25) is 0 Å². The highest BCUT2D eigenvalue weighted by Crippen LogP contribution is 2.39. The number of rotatable bonds is 9. The monoisotopic (exact) mass is 481 g/mol. The minimum absolute atomic E-state index is 0.0229. The highest BCUT2D eigenvalue weighted by molar-refractivity contribution is 8.03. The number of quaternary nitrogens is 1. The van der Waals surface area contributed by atoms with Gasteiger partial charge in [0.25, 0.3) is 11.8 Å². The van der Waals surface area contributed by atoms with E-state index in [0.29, 0.717) is 21.7 Å². The molecule has 2 amide bonds. The van der Waals surface area contributed by atoms with Crippen molar-refractivity contribution in [3.63, 3.8) is 0 Å². The summed E-state index contributed by atoms with van der Waals surface area (Å²) in [7, 11) is 5.84. The van der Waals surface area contributed by atoms with E-state index in [2.05, 4.69) is 22.0 Å². The smallest absolute Gasteiger partial charge is 0.353 e. The Morgan fingerprint density at radius 1 is 1.50 bits per heavy atom. The largest absolute Gasteiger partial charge is 0.477 e. The number of carbonyl (C=O) groups excluding carboxylic acids is 2. The highest BCUT2D eigenvalue weighted by Gasteiger charge is 2.54. The summed E-state index contributed by atoms with van der Waals surface area (Å²) in [5.41, 5.74) is 5.72. The first kappa shape index (κ1) is 23.8. The fourth-order valence-electron chi connectivity index (χ4n) is 3.28. The number of nitrogens with two attached hydrogens (primary N) is 1.